The second-order valence-electron chi connectivity index (χ2n) is 5.13. The molecule has 0 saturated carbocycles. The maximum atomic E-state index is 4.81. The summed E-state index contributed by atoms with van der Waals surface area (Å²) < 4.78 is 0. The molecule has 0 aliphatic carbocycles. The van der Waals surface area contributed by atoms with Gasteiger partial charge >= 0.3 is 0 Å². The summed E-state index contributed by atoms with van der Waals surface area (Å²) in [5.41, 5.74) is 4.56. The molecule has 0 spiro atoms. The van der Waals surface area contributed by atoms with E-state index in [1.165, 1.54) is 11.1 Å². The Morgan fingerprint density at radius 2 is 1.81 bits per heavy atom. The second-order valence-corrected chi connectivity index (χ2v) is 5.13. The van der Waals surface area contributed by atoms with E-state index in [1.807, 2.05) is 19.2 Å². The highest BCUT2D eigenvalue weighted by atomic mass is 15.0. The predicted molar refractivity (Wildman–Crippen MR) is 88.6 cm³/mol. The molecule has 1 N–H and O–H groups in total. The molecule has 0 fully saturated rings. The number of para-hydroxylation sites is 1. The van der Waals surface area contributed by atoms with E-state index in [-0.39, 0.29) is 0 Å². The van der Waals surface area contributed by atoms with E-state index in [1.54, 1.807) is 0 Å². The van der Waals surface area contributed by atoms with Crippen LogP contribution in [0, 0.1) is 6.92 Å². The van der Waals surface area contributed by atoms with Crippen molar-refractivity contribution in [1.82, 2.24) is 9.97 Å². The molecule has 0 aliphatic rings. The van der Waals surface area contributed by atoms with Gasteiger partial charge in [0.25, 0.3) is 0 Å². The van der Waals surface area contributed by atoms with Gasteiger partial charge in [-0.05, 0) is 30.5 Å². The summed E-state index contributed by atoms with van der Waals surface area (Å²) in [5.74, 6) is 1.67. The lowest BCUT2D eigenvalue weighted by Gasteiger charge is -2.12. The molecule has 21 heavy (non-hydrogen) atoms. The highest BCUT2D eigenvalue weighted by molar-refractivity contribution is 5.92. The Morgan fingerprint density at radius 1 is 1.00 bits per heavy atom. The van der Waals surface area contributed by atoms with E-state index in [0.29, 0.717) is 0 Å². The maximum Gasteiger partial charge on any atom is 0.162 e. The zero-order chi connectivity index (χ0) is 14.8. The van der Waals surface area contributed by atoms with Crippen LogP contribution in [0.3, 0.4) is 0 Å². The quantitative estimate of drug-likeness (QED) is 0.779. The van der Waals surface area contributed by atoms with Crippen LogP contribution in [-0.2, 0) is 6.42 Å². The Kier molecular flexibility index (Phi) is 3.57. The number of aromatic nitrogens is 2. The molecule has 1 aromatic heterocycles. The third-order valence-corrected chi connectivity index (χ3v) is 3.80. The third kappa shape index (κ3) is 2.35. The molecule has 3 nitrogen and oxygen atoms in total. The first kappa shape index (κ1) is 13.6. The normalized spacial score (nSPS) is 10.8. The Balaban J connectivity index is 2.31. The van der Waals surface area contributed by atoms with Crippen LogP contribution in [0.2, 0.25) is 0 Å². The van der Waals surface area contributed by atoms with Gasteiger partial charge in [-0.2, -0.15) is 0 Å². The average molecular weight is 277 g/mol. The third-order valence-electron chi connectivity index (χ3n) is 3.80. The summed E-state index contributed by atoms with van der Waals surface area (Å²) in [6, 6.07) is 14.5. The van der Waals surface area contributed by atoms with Crippen molar-refractivity contribution in [3.05, 3.63) is 53.6 Å². The van der Waals surface area contributed by atoms with E-state index in [9.17, 15) is 0 Å². The van der Waals surface area contributed by atoms with Crippen LogP contribution in [0.15, 0.2) is 42.5 Å². The maximum absolute atomic E-state index is 4.81. The summed E-state index contributed by atoms with van der Waals surface area (Å²) in [4.78, 5) is 9.53. The zero-order valence-corrected chi connectivity index (χ0v) is 12.6. The average Bonchev–Trinajstić information content (AvgIpc) is 2.54. The molecule has 0 amide bonds. The molecule has 0 atom stereocenters. The standard InChI is InChI=1S/C18H19N3/c1-4-13-9-5-6-10-14(13)18-20-16-12(2)8-7-11-15(16)17(19-3)21-18/h5-11H,4H2,1-3H3,(H,19,20,21). The lowest BCUT2D eigenvalue weighted by atomic mass is 10.0. The van der Waals surface area contributed by atoms with Crippen molar-refractivity contribution < 1.29 is 0 Å². The van der Waals surface area contributed by atoms with E-state index in [2.05, 4.69) is 49.5 Å². The molecule has 0 radical (unpaired) electrons. The van der Waals surface area contributed by atoms with Crippen molar-refractivity contribution in [3.8, 4) is 11.4 Å². The fourth-order valence-corrected chi connectivity index (χ4v) is 2.65. The monoisotopic (exact) mass is 277 g/mol. The van der Waals surface area contributed by atoms with Crippen LogP contribution in [0.1, 0.15) is 18.1 Å². The molecular weight excluding hydrogens is 258 g/mol. The van der Waals surface area contributed by atoms with Gasteiger partial charge in [-0.25, -0.2) is 9.97 Å². The topological polar surface area (TPSA) is 37.8 Å². The van der Waals surface area contributed by atoms with Crippen molar-refractivity contribution in [2.75, 3.05) is 12.4 Å². The van der Waals surface area contributed by atoms with Gasteiger partial charge in [0.2, 0.25) is 0 Å². The van der Waals surface area contributed by atoms with Gasteiger partial charge in [-0.1, -0.05) is 43.3 Å². The first-order valence-corrected chi connectivity index (χ1v) is 7.28. The van der Waals surface area contributed by atoms with Crippen LogP contribution >= 0.6 is 0 Å². The number of nitrogens with one attached hydrogen (secondary N) is 1. The number of hydrogen-bond donors (Lipinski definition) is 1. The Hall–Kier alpha value is -2.42. The molecule has 3 aromatic rings. The van der Waals surface area contributed by atoms with Crippen LogP contribution in [0.4, 0.5) is 5.82 Å². The molecule has 0 unspecified atom stereocenters. The first-order valence-electron chi connectivity index (χ1n) is 7.28. The van der Waals surface area contributed by atoms with E-state index in [0.717, 1.165) is 34.5 Å². The van der Waals surface area contributed by atoms with E-state index < -0.39 is 0 Å². The van der Waals surface area contributed by atoms with Gasteiger partial charge < -0.3 is 5.32 Å². The van der Waals surface area contributed by atoms with Gasteiger partial charge in [0, 0.05) is 18.0 Å². The van der Waals surface area contributed by atoms with Gasteiger partial charge in [0.15, 0.2) is 5.82 Å². The molecule has 106 valence electrons. The number of aryl methyl sites for hydroxylation is 2. The second kappa shape index (κ2) is 5.52. The number of rotatable bonds is 3. The SMILES string of the molecule is CCc1ccccc1-c1nc(NC)c2cccc(C)c2n1. The van der Waals surface area contributed by atoms with Crippen molar-refractivity contribution in [1.29, 1.82) is 0 Å². The smallest absolute Gasteiger partial charge is 0.162 e. The van der Waals surface area contributed by atoms with Crippen LogP contribution in [0.5, 0.6) is 0 Å². The first-order chi connectivity index (χ1) is 10.2. The van der Waals surface area contributed by atoms with Crippen molar-refractivity contribution >= 4 is 16.7 Å². The largest absolute Gasteiger partial charge is 0.373 e. The lowest BCUT2D eigenvalue weighted by molar-refractivity contribution is 1.12. The highest BCUT2D eigenvalue weighted by Crippen LogP contribution is 2.28. The van der Waals surface area contributed by atoms with Gasteiger partial charge in [0.05, 0.1) is 5.52 Å². The molecule has 3 heteroatoms. The molecule has 2 aromatic carbocycles. The fourth-order valence-electron chi connectivity index (χ4n) is 2.65. The molecule has 1 heterocycles. The Morgan fingerprint density at radius 3 is 2.57 bits per heavy atom. The van der Waals surface area contributed by atoms with Gasteiger partial charge in [-0.15, -0.1) is 0 Å². The number of fused-ring (bicyclic) bond motifs is 1. The van der Waals surface area contributed by atoms with Crippen LogP contribution < -0.4 is 5.32 Å². The van der Waals surface area contributed by atoms with Gasteiger partial charge in [0.1, 0.15) is 5.82 Å². The summed E-state index contributed by atoms with van der Waals surface area (Å²) >= 11 is 0. The number of anilines is 1. The highest BCUT2D eigenvalue weighted by Gasteiger charge is 2.11. The Bertz CT molecular complexity index is 794. The molecular formula is C18H19N3. The Labute approximate surface area is 125 Å². The van der Waals surface area contributed by atoms with Gasteiger partial charge in [-0.3, -0.25) is 0 Å². The molecule has 0 saturated heterocycles. The van der Waals surface area contributed by atoms with Crippen LogP contribution in [-0.4, -0.2) is 17.0 Å². The number of benzene rings is 2. The molecule has 3 rings (SSSR count). The predicted octanol–water partition coefficient (Wildman–Crippen LogP) is 4.21. The minimum atomic E-state index is 0.790. The summed E-state index contributed by atoms with van der Waals surface area (Å²) in [5, 5.41) is 4.26. The molecule has 0 aliphatic heterocycles. The summed E-state index contributed by atoms with van der Waals surface area (Å²) in [6.07, 6.45) is 0.972. The minimum Gasteiger partial charge on any atom is -0.373 e. The lowest BCUT2D eigenvalue weighted by Crippen LogP contribution is -2.01. The number of hydrogen-bond acceptors (Lipinski definition) is 3. The van der Waals surface area contributed by atoms with Crippen LogP contribution in [0.25, 0.3) is 22.3 Å². The van der Waals surface area contributed by atoms with Crippen molar-refractivity contribution in [2.45, 2.75) is 20.3 Å². The summed E-state index contributed by atoms with van der Waals surface area (Å²) in [7, 11) is 1.90. The fraction of sp³-hybridized carbons (Fsp3) is 0.222. The number of nitrogens with zero attached hydrogens (tertiary/aromatic N) is 2. The summed E-state index contributed by atoms with van der Waals surface area (Å²) in [6.45, 7) is 4.24. The molecule has 0 bridgehead atoms. The van der Waals surface area contributed by atoms with E-state index in [4.69, 9.17) is 9.97 Å². The van der Waals surface area contributed by atoms with E-state index >= 15 is 0 Å². The van der Waals surface area contributed by atoms with Crippen molar-refractivity contribution in [3.63, 3.8) is 0 Å². The van der Waals surface area contributed by atoms with Crippen molar-refractivity contribution in [2.24, 2.45) is 0 Å². The minimum absolute atomic E-state index is 0.790. The zero-order valence-electron chi connectivity index (χ0n) is 12.6.